The van der Waals surface area contributed by atoms with Gasteiger partial charge in [-0.1, -0.05) is 0 Å². The molecule has 0 unspecified atom stereocenters. The van der Waals surface area contributed by atoms with Crippen LogP contribution in [0, 0.1) is 0 Å². The van der Waals surface area contributed by atoms with E-state index in [0.29, 0.717) is 13.0 Å². The second-order valence-corrected chi connectivity index (χ2v) is 7.57. The lowest BCUT2D eigenvalue weighted by molar-refractivity contribution is -0.137. The molecular weight excluding hydrogens is 369 g/mol. The molecule has 0 atom stereocenters. The minimum Gasteiger partial charge on any atom is -0.312 e. The quantitative estimate of drug-likeness (QED) is 0.882. The Morgan fingerprint density at radius 3 is 2.35 bits per heavy atom. The third-order valence-corrected chi connectivity index (χ3v) is 5.50. The van der Waals surface area contributed by atoms with Crippen molar-refractivity contribution in [3.8, 4) is 0 Å². The number of halogens is 3. The largest absolute Gasteiger partial charge is 0.416 e. The van der Waals surface area contributed by atoms with E-state index >= 15 is 0 Å². The zero-order valence-corrected chi connectivity index (χ0v) is 14.5. The lowest BCUT2D eigenvalue weighted by Gasteiger charge is -2.15. The summed E-state index contributed by atoms with van der Waals surface area (Å²) in [6.07, 6.45) is -3.93. The molecule has 0 radical (unpaired) electrons. The summed E-state index contributed by atoms with van der Waals surface area (Å²) in [5.41, 5.74) is 0.926. The van der Waals surface area contributed by atoms with Gasteiger partial charge < -0.3 is 4.90 Å². The average molecular weight is 384 g/mol. The summed E-state index contributed by atoms with van der Waals surface area (Å²) < 4.78 is 64.9. The molecule has 1 N–H and O–H groups in total. The Kier molecular flexibility index (Phi) is 4.43. The van der Waals surface area contributed by atoms with Gasteiger partial charge in [0.1, 0.15) is 0 Å². The van der Waals surface area contributed by atoms with Crippen LogP contribution in [0.15, 0.2) is 47.4 Å². The highest BCUT2D eigenvalue weighted by Crippen LogP contribution is 2.32. The summed E-state index contributed by atoms with van der Waals surface area (Å²) in [5, 5.41) is 0. The van der Waals surface area contributed by atoms with Crippen molar-refractivity contribution in [2.24, 2.45) is 0 Å². The average Bonchev–Trinajstić information content (AvgIpc) is 2.97. The summed E-state index contributed by atoms with van der Waals surface area (Å²) in [5.74, 6) is -0.0955. The second kappa shape index (κ2) is 6.31. The minimum atomic E-state index is -4.53. The topological polar surface area (TPSA) is 66.5 Å². The van der Waals surface area contributed by atoms with Crippen LogP contribution < -0.4 is 9.62 Å². The number of carbonyl (C=O) groups is 1. The van der Waals surface area contributed by atoms with Crippen LogP contribution >= 0.6 is 0 Å². The van der Waals surface area contributed by atoms with Crippen molar-refractivity contribution in [2.45, 2.75) is 24.4 Å². The van der Waals surface area contributed by atoms with Gasteiger partial charge in [0.05, 0.1) is 10.5 Å². The fourth-order valence-electron chi connectivity index (χ4n) is 2.83. The number of sulfonamides is 1. The Morgan fingerprint density at radius 1 is 1.12 bits per heavy atom. The monoisotopic (exact) mass is 384 g/mol. The molecule has 0 fully saturated rings. The summed E-state index contributed by atoms with van der Waals surface area (Å²) in [4.78, 5) is 12.9. The molecule has 1 aliphatic rings. The summed E-state index contributed by atoms with van der Waals surface area (Å²) in [6, 6.07) is 8.06. The first kappa shape index (κ1) is 18.2. The van der Waals surface area contributed by atoms with E-state index in [-0.39, 0.29) is 16.5 Å². The van der Waals surface area contributed by atoms with Gasteiger partial charge in [-0.15, -0.1) is 0 Å². The molecule has 0 bridgehead atoms. The van der Waals surface area contributed by atoms with Crippen molar-refractivity contribution in [3.63, 3.8) is 0 Å². The van der Waals surface area contributed by atoms with Gasteiger partial charge in [0.25, 0.3) is 10.0 Å². The Morgan fingerprint density at radius 2 is 1.77 bits per heavy atom. The molecule has 1 heterocycles. The molecule has 2 aromatic rings. The molecule has 3 rings (SSSR count). The highest BCUT2D eigenvalue weighted by Gasteiger charge is 2.30. The van der Waals surface area contributed by atoms with E-state index < -0.39 is 21.8 Å². The molecule has 0 saturated heterocycles. The molecule has 0 aliphatic carbocycles. The number of fused-ring (bicyclic) bond motifs is 1. The van der Waals surface area contributed by atoms with E-state index in [9.17, 15) is 26.4 Å². The fourth-order valence-corrected chi connectivity index (χ4v) is 3.88. The van der Waals surface area contributed by atoms with Crippen molar-refractivity contribution in [2.75, 3.05) is 16.2 Å². The standard InChI is InChI=1S/C17H15F3N2O3S/c1-11(23)22-9-8-12-10-14(4-7-16(12)22)21-26(24,25)15-5-2-13(3-6-15)17(18,19)20/h2-7,10,21H,8-9H2,1H3. The van der Waals surface area contributed by atoms with Crippen molar-refractivity contribution < 1.29 is 26.4 Å². The van der Waals surface area contributed by atoms with Gasteiger partial charge in [0.15, 0.2) is 0 Å². The van der Waals surface area contributed by atoms with Crippen LogP contribution in [0.1, 0.15) is 18.1 Å². The number of benzene rings is 2. The third kappa shape index (κ3) is 3.52. The number of hydrogen-bond donors (Lipinski definition) is 1. The molecule has 1 amide bonds. The molecule has 0 spiro atoms. The zero-order valence-electron chi connectivity index (χ0n) is 13.7. The van der Waals surface area contributed by atoms with Crippen LogP contribution in [-0.2, 0) is 27.4 Å². The van der Waals surface area contributed by atoms with E-state index in [1.54, 1.807) is 17.0 Å². The maximum Gasteiger partial charge on any atom is 0.416 e. The SMILES string of the molecule is CC(=O)N1CCc2cc(NS(=O)(=O)c3ccc(C(F)(F)F)cc3)ccc21. The normalized spacial score (nSPS) is 14.2. The first-order chi connectivity index (χ1) is 12.1. The molecule has 5 nitrogen and oxygen atoms in total. The second-order valence-electron chi connectivity index (χ2n) is 5.89. The minimum absolute atomic E-state index is 0.0955. The van der Waals surface area contributed by atoms with Crippen LogP contribution in [0.5, 0.6) is 0 Å². The van der Waals surface area contributed by atoms with E-state index in [4.69, 9.17) is 0 Å². The number of nitrogens with zero attached hydrogens (tertiary/aromatic N) is 1. The molecule has 0 aromatic heterocycles. The molecule has 26 heavy (non-hydrogen) atoms. The Labute approximate surface area is 148 Å². The van der Waals surface area contributed by atoms with E-state index in [1.807, 2.05) is 0 Å². The maximum atomic E-state index is 12.6. The van der Waals surface area contributed by atoms with Gasteiger partial charge in [0, 0.05) is 24.8 Å². The predicted octanol–water partition coefficient (Wildman–Crippen LogP) is 3.42. The van der Waals surface area contributed by atoms with Crippen LogP contribution in [0.4, 0.5) is 24.5 Å². The smallest absolute Gasteiger partial charge is 0.312 e. The predicted molar refractivity (Wildman–Crippen MR) is 90.4 cm³/mol. The summed E-state index contributed by atoms with van der Waals surface area (Å²) in [6.45, 7) is 1.98. The maximum absolute atomic E-state index is 12.6. The molecule has 0 saturated carbocycles. The van der Waals surface area contributed by atoms with Gasteiger partial charge in [-0.25, -0.2) is 8.42 Å². The molecule has 2 aromatic carbocycles. The summed E-state index contributed by atoms with van der Waals surface area (Å²) >= 11 is 0. The van der Waals surface area contributed by atoms with E-state index in [0.717, 1.165) is 35.5 Å². The fraction of sp³-hybridized carbons (Fsp3) is 0.235. The van der Waals surface area contributed by atoms with E-state index in [1.165, 1.54) is 13.0 Å². The van der Waals surface area contributed by atoms with Crippen molar-refractivity contribution in [3.05, 3.63) is 53.6 Å². The molecular formula is C17H15F3N2O3S. The van der Waals surface area contributed by atoms with Crippen LogP contribution in [0.3, 0.4) is 0 Å². The van der Waals surface area contributed by atoms with Crippen LogP contribution in [0.2, 0.25) is 0 Å². The number of carbonyl (C=O) groups excluding carboxylic acids is 1. The van der Waals surface area contributed by atoms with Crippen molar-refractivity contribution in [1.82, 2.24) is 0 Å². The molecule has 1 aliphatic heterocycles. The first-order valence-electron chi connectivity index (χ1n) is 7.69. The number of anilines is 2. The Hall–Kier alpha value is -2.55. The summed E-state index contributed by atoms with van der Waals surface area (Å²) in [7, 11) is -4.02. The van der Waals surface area contributed by atoms with Crippen molar-refractivity contribution in [1.29, 1.82) is 0 Å². The zero-order chi connectivity index (χ0) is 19.1. The number of amides is 1. The number of alkyl halides is 3. The lowest BCUT2D eigenvalue weighted by Crippen LogP contribution is -2.25. The number of hydrogen-bond acceptors (Lipinski definition) is 3. The first-order valence-corrected chi connectivity index (χ1v) is 9.17. The van der Waals surface area contributed by atoms with Crippen LogP contribution in [0.25, 0.3) is 0 Å². The highest BCUT2D eigenvalue weighted by atomic mass is 32.2. The van der Waals surface area contributed by atoms with Crippen LogP contribution in [-0.4, -0.2) is 20.9 Å². The Bertz CT molecular complexity index is 954. The number of nitrogens with one attached hydrogen (secondary N) is 1. The highest BCUT2D eigenvalue weighted by molar-refractivity contribution is 7.92. The molecule has 9 heteroatoms. The van der Waals surface area contributed by atoms with E-state index in [2.05, 4.69) is 4.72 Å². The van der Waals surface area contributed by atoms with Gasteiger partial charge >= 0.3 is 6.18 Å². The molecule has 138 valence electrons. The van der Waals surface area contributed by atoms with Gasteiger partial charge in [-0.3, -0.25) is 9.52 Å². The Balaban J connectivity index is 1.83. The number of rotatable bonds is 3. The van der Waals surface area contributed by atoms with Crippen molar-refractivity contribution >= 4 is 27.3 Å². The van der Waals surface area contributed by atoms with Gasteiger partial charge in [0.2, 0.25) is 5.91 Å². The van der Waals surface area contributed by atoms with Gasteiger partial charge in [-0.2, -0.15) is 13.2 Å². The van der Waals surface area contributed by atoms with Gasteiger partial charge in [-0.05, 0) is 54.4 Å². The third-order valence-electron chi connectivity index (χ3n) is 4.10. The lowest BCUT2D eigenvalue weighted by atomic mass is 10.1.